The molecule has 4 heteroatoms. The van der Waals surface area contributed by atoms with Gasteiger partial charge >= 0.3 is 0 Å². The van der Waals surface area contributed by atoms with Crippen molar-refractivity contribution in [2.75, 3.05) is 31.6 Å². The number of hydrogen-bond donors (Lipinski definition) is 2. The number of rotatable bonds is 6. The predicted molar refractivity (Wildman–Crippen MR) is 65.9 cm³/mol. The molecule has 0 aromatic heterocycles. The Balaban J connectivity index is 2.59. The van der Waals surface area contributed by atoms with Crippen LogP contribution in [0.15, 0.2) is 24.3 Å². The highest BCUT2D eigenvalue weighted by Gasteiger charge is 2.06. The van der Waals surface area contributed by atoms with Crippen LogP contribution in [0.5, 0.6) is 5.75 Å². The fourth-order valence-electron chi connectivity index (χ4n) is 1.46. The first kappa shape index (κ1) is 12.8. The molecule has 0 radical (unpaired) electrons. The zero-order valence-corrected chi connectivity index (χ0v) is 9.89. The van der Waals surface area contributed by atoms with Gasteiger partial charge in [0.1, 0.15) is 5.75 Å². The maximum atomic E-state index is 9.44. The molecule has 1 atom stereocenters. The minimum absolute atomic E-state index is 0.279. The zero-order chi connectivity index (χ0) is 12.0. The number of anilines is 1. The predicted octanol–water partition coefficient (Wildman–Crippen LogP) is 0.841. The quantitative estimate of drug-likeness (QED) is 0.752. The van der Waals surface area contributed by atoms with Crippen LogP contribution in [-0.2, 0) is 0 Å². The van der Waals surface area contributed by atoms with Crippen LogP contribution >= 0.6 is 0 Å². The van der Waals surface area contributed by atoms with E-state index in [9.17, 15) is 5.11 Å². The molecule has 0 aliphatic carbocycles. The molecule has 0 aliphatic rings. The second-order valence-corrected chi connectivity index (χ2v) is 3.70. The van der Waals surface area contributed by atoms with Gasteiger partial charge in [-0.2, -0.15) is 0 Å². The van der Waals surface area contributed by atoms with Crippen LogP contribution < -0.4 is 15.4 Å². The molecule has 0 bridgehead atoms. The van der Waals surface area contributed by atoms with Crippen LogP contribution in [0.3, 0.4) is 0 Å². The van der Waals surface area contributed by atoms with Crippen molar-refractivity contribution in [1.29, 1.82) is 0 Å². The summed E-state index contributed by atoms with van der Waals surface area (Å²) < 4.78 is 5.35. The summed E-state index contributed by atoms with van der Waals surface area (Å²) in [5, 5.41) is 9.44. The maximum absolute atomic E-state index is 9.44. The molecule has 4 nitrogen and oxygen atoms in total. The van der Waals surface area contributed by atoms with Gasteiger partial charge in [0.15, 0.2) is 0 Å². The fraction of sp³-hybridized carbons (Fsp3) is 0.500. The normalized spacial score (nSPS) is 12.2. The van der Waals surface area contributed by atoms with Crippen molar-refractivity contribution >= 4 is 5.69 Å². The average molecular weight is 224 g/mol. The van der Waals surface area contributed by atoms with Crippen LogP contribution in [0.25, 0.3) is 0 Å². The molecule has 0 amide bonds. The number of aliphatic hydroxyl groups excluding tert-OH is 1. The van der Waals surface area contributed by atoms with Gasteiger partial charge in [-0.15, -0.1) is 0 Å². The van der Waals surface area contributed by atoms with Crippen molar-refractivity contribution in [1.82, 2.24) is 0 Å². The zero-order valence-electron chi connectivity index (χ0n) is 9.89. The molecule has 1 rings (SSSR count). The lowest BCUT2D eigenvalue weighted by Gasteiger charge is -2.22. The highest BCUT2D eigenvalue weighted by Crippen LogP contribution is 2.18. The van der Waals surface area contributed by atoms with Crippen molar-refractivity contribution < 1.29 is 9.84 Å². The van der Waals surface area contributed by atoms with Crippen LogP contribution in [0.1, 0.15) is 6.92 Å². The molecule has 1 unspecified atom stereocenters. The molecule has 0 saturated carbocycles. The van der Waals surface area contributed by atoms with E-state index in [2.05, 4.69) is 0 Å². The third-order valence-electron chi connectivity index (χ3n) is 2.35. The lowest BCUT2D eigenvalue weighted by molar-refractivity contribution is 0.189. The van der Waals surface area contributed by atoms with E-state index in [4.69, 9.17) is 10.5 Å². The van der Waals surface area contributed by atoms with Gasteiger partial charge in [-0.3, -0.25) is 0 Å². The Morgan fingerprint density at radius 2 is 2.00 bits per heavy atom. The van der Waals surface area contributed by atoms with Crippen molar-refractivity contribution in [3.8, 4) is 5.75 Å². The van der Waals surface area contributed by atoms with E-state index in [0.29, 0.717) is 13.2 Å². The van der Waals surface area contributed by atoms with Gasteiger partial charge in [0, 0.05) is 25.8 Å². The first-order chi connectivity index (χ1) is 7.67. The van der Waals surface area contributed by atoms with E-state index >= 15 is 0 Å². The first-order valence-electron chi connectivity index (χ1n) is 5.49. The van der Waals surface area contributed by atoms with Gasteiger partial charge in [-0.1, -0.05) is 0 Å². The Labute approximate surface area is 96.6 Å². The van der Waals surface area contributed by atoms with E-state index in [1.54, 1.807) is 0 Å². The van der Waals surface area contributed by atoms with Gasteiger partial charge in [-0.25, -0.2) is 0 Å². The molecular weight excluding hydrogens is 204 g/mol. The Morgan fingerprint density at radius 1 is 1.38 bits per heavy atom. The van der Waals surface area contributed by atoms with E-state index in [0.717, 1.165) is 11.4 Å². The summed E-state index contributed by atoms with van der Waals surface area (Å²) in [6, 6.07) is 7.77. The Hall–Kier alpha value is -1.26. The van der Waals surface area contributed by atoms with E-state index in [-0.39, 0.29) is 6.54 Å². The molecule has 0 spiro atoms. The molecule has 0 heterocycles. The summed E-state index contributed by atoms with van der Waals surface area (Å²) in [5.74, 6) is 0.860. The summed E-state index contributed by atoms with van der Waals surface area (Å²) in [5.41, 5.74) is 6.40. The van der Waals surface area contributed by atoms with E-state index < -0.39 is 6.10 Å². The standard InChI is InChI=1S/C12H20N2O2/c1-3-16-12-6-4-10(5-7-12)14(2)9-11(15)8-13/h4-7,11,15H,3,8-9,13H2,1-2H3. The largest absolute Gasteiger partial charge is 0.494 e. The molecule has 3 N–H and O–H groups in total. The van der Waals surface area contributed by atoms with E-state index in [1.165, 1.54) is 0 Å². The molecule has 0 aliphatic heterocycles. The van der Waals surface area contributed by atoms with Crippen molar-refractivity contribution in [3.63, 3.8) is 0 Å². The van der Waals surface area contributed by atoms with Gasteiger partial charge in [-0.05, 0) is 31.2 Å². The topological polar surface area (TPSA) is 58.7 Å². The van der Waals surface area contributed by atoms with Gasteiger partial charge in [0.25, 0.3) is 0 Å². The smallest absolute Gasteiger partial charge is 0.119 e. The number of likely N-dealkylation sites (N-methyl/N-ethyl adjacent to an activating group) is 1. The van der Waals surface area contributed by atoms with Crippen molar-refractivity contribution in [2.24, 2.45) is 5.73 Å². The van der Waals surface area contributed by atoms with Crippen molar-refractivity contribution in [2.45, 2.75) is 13.0 Å². The molecule has 90 valence electrons. The van der Waals surface area contributed by atoms with Gasteiger partial charge in [0.05, 0.1) is 12.7 Å². The third-order valence-corrected chi connectivity index (χ3v) is 2.35. The third kappa shape index (κ3) is 3.72. The maximum Gasteiger partial charge on any atom is 0.119 e. The first-order valence-corrected chi connectivity index (χ1v) is 5.49. The fourth-order valence-corrected chi connectivity index (χ4v) is 1.46. The molecule has 16 heavy (non-hydrogen) atoms. The van der Waals surface area contributed by atoms with E-state index in [1.807, 2.05) is 43.1 Å². The number of nitrogens with zero attached hydrogens (tertiary/aromatic N) is 1. The average Bonchev–Trinajstić information content (AvgIpc) is 2.30. The number of ether oxygens (including phenoxy) is 1. The molecule has 1 aromatic rings. The summed E-state index contributed by atoms with van der Waals surface area (Å²) in [6.07, 6.45) is -0.489. The lowest BCUT2D eigenvalue weighted by atomic mass is 10.2. The molecule has 0 saturated heterocycles. The minimum atomic E-state index is -0.489. The highest BCUT2D eigenvalue weighted by atomic mass is 16.5. The second-order valence-electron chi connectivity index (χ2n) is 3.70. The second kappa shape index (κ2) is 6.35. The summed E-state index contributed by atoms with van der Waals surface area (Å²) in [7, 11) is 1.93. The van der Waals surface area contributed by atoms with Crippen LogP contribution in [-0.4, -0.2) is 38.0 Å². The number of hydrogen-bond acceptors (Lipinski definition) is 4. The highest BCUT2D eigenvalue weighted by molar-refractivity contribution is 5.48. The Morgan fingerprint density at radius 3 is 2.50 bits per heavy atom. The number of nitrogens with two attached hydrogens (primary N) is 1. The number of aliphatic hydroxyl groups is 1. The Kier molecular flexibility index (Phi) is 5.08. The van der Waals surface area contributed by atoms with Gasteiger partial charge in [0.2, 0.25) is 0 Å². The number of benzene rings is 1. The monoisotopic (exact) mass is 224 g/mol. The summed E-state index contributed by atoms with van der Waals surface area (Å²) in [4.78, 5) is 1.97. The summed E-state index contributed by atoms with van der Waals surface area (Å²) >= 11 is 0. The van der Waals surface area contributed by atoms with Crippen molar-refractivity contribution in [3.05, 3.63) is 24.3 Å². The molecule has 1 aromatic carbocycles. The minimum Gasteiger partial charge on any atom is -0.494 e. The van der Waals surface area contributed by atoms with Crippen LogP contribution in [0.4, 0.5) is 5.69 Å². The SMILES string of the molecule is CCOc1ccc(N(C)CC(O)CN)cc1. The van der Waals surface area contributed by atoms with Gasteiger partial charge < -0.3 is 20.5 Å². The lowest BCUT2D eigenvalue weighted by Crippen LogP contribution is -2.34. The van der Waals surface area contributed by atoms with Crippen LogP contribution in [0.2, 0.25) is 0 Å². The molecular formula is C12H20N2O2. The Bertz CT molecular complexity index is 300. The molecule has 0 fully saturated rings. The van der Waals surface area contributed by atoms with Crippen LogP contribution in [0, 0.1) is 0 Å². The summed E-state index contributed by atoms with van der Waals surface area (Å²) in [6.45, 7) is 3.44.